The van der Waals surface area contributed by atoms with Crippen LogP contribution >= 0.6 is 0 Å². The van der Waals surface area contributed by atoms with E-state index >= 15 is 0 Å². The summed E-state index contributed by atoms with van der Waals surface area (Å²) in [4.78, 5) is 25.8. The molecule has 0 fully saturated rings. The van der Waals surface area contributed by atoms with Crippen LogP contribution in [0.5, 0.6) is 11.5 Å². The van der Waals surface area contributed by atoms with Gasteiger partial charge in [0.25, 0.3) is 0 Å². The summed E-state index contributed by atoms with van der Waals surface area (Å²) in [6.45, 7) is 4.06. The van der Waals surface area contributed by atoms with Gasteiger partial charge in [0.15, 0.2) is 6.10 Å². The number of esters is 1. The number of unbranched alkanes of at least 4 members (excludes halogenated alkanes) is 11. The van der Waals surface area contributed by atoms with Crippen LogP contribution in [-0.4, -0.2) is 22.0 Å². The van der Waals surface area contributed by atoms with Crippen LogP contribution in [0.25, 0.3) is 0 Å². The summed E-state index contributed by atoms with van der Waals surface area (Å²) < 4.78 is 5.85. The maximum atomic E-state index is 13.1. The average molecular weight is 521 g/mol. The quantitative estimate of drug-likeness (QED) is 0.131. The van der Waals surface area contributed by atoms with Crippen LogP contribution in [0.3, 0.4) is 0 Å². The number of hydrogen-bond donors (Lipinski definition) is 2. The molecule has 38 heavy (non-hydrogen) atoms. The Balaban J connectivity index is 1.40. The van der Waals surface area contributed by atoms with Crippen molar-refractivity contribution in [3.8, 4) is 11.5 Å². The number of benzene rings is 2. The minimum atomic E-state index is -0.841. The number of aryl methyl sites for hydroxylation is 1. The van der Waals surface area contributed by atoms with Gasteiger partial charge in [-0.25, -0.2) is 0 Å². The van der Waals surface area contributed by atoms with E-state index in [9.17, 15) is 19.8 Å². The van der Waals surface area contributed by atoms with Gasteiger partial charge in [0.05, 0.1) is 11.1 Å². The summed E-state index contributed by atoms with van der Waals surface area (Å²) in [5, 5.41) is 20.8. The molecule has 0 saturated heterocycles. The Morgan fingerprint density at radius 2 is 1.42 bits per heavy atom. The lowest BCUT2D eigenvalue weighted by atomic mass is 9.81. The number of rotatable bonds is 16. The van der Waals surface area contributed by atoms with Gasteiger partial charge in [-0.1, -0.05) is 88.6 Å². The van der Waals surface area contributed by atoms with Crippen molar-refractivity contribution < 1.29 is 24.5 Å². The van der Waals surface area contributed by atoms with Crippen molar-refractivity contribution in [1.29, 1.82) is 0 Å². The molecule has 0 bridgehead atoms. The van der Waals surface area contributed by atoms with Crippen LogP contribution in [-0.2, 0) is 9.53 Å². The molecular formula is C33H44O5. The van der Waals surface area contributed by atoms with Crippen LogP contribution in [0.2, 0.25) is 0 Å². The van der Waals surface area contributed by atoms with Crippen molar-refractivity contribution in [2.45, 2.75) is 110 Å². The molecule has 0 aromatic heterocycles. The summed E-state index contributed by atoms with van der Waals surface area (Å²) in [5.41, 5.74) is 1.84. The Hall–Kier alpha value is -3.08. The molecule has 0 aliphatic heterocycles. The van der Waals surface area contributed by atoms with Gasteiger partial charge in [-0.3, -0.25) is 9.59 Å². The van der Waals surface area contributed by atoms with E-state index in [2.05, 4.69) is 19.1 Å². The normalized spacial score (nSPS) is 14.5. The highest BCUT2D eigenvalue weighted by atomic mass is 16.5. The molecule has 2 aromatic carbocycles. The third kappa shape index (κ3) is 8.21. The maximum Gasteiger partial charge on any atom is 0.306 e. The number of phenols is 2. The number of carbonyl (C=O) groups is 2. The summed E-state index contributed by atoms with van der Waals surface area (Å²) >= 11 is 0. The highest BCUT2D eigenvalue weighted by Crippen LogP contribution is 2.44. The van der Waals surface area contributed by atoms with Gasteiger partial charge >= 0.3 is 5.97 Å². The molecule has 0 spiro atoms. The highest BCUT2D eigenvalue weighted by molar-refractivity contribution is 6.15. The molecule has 0 saturated carbocycles. The molecule has 2 aromatic rings. The van der Waals surface area contributed by atoms with Crippen molar-refractivity contribution in [2.24, 2.45) is 0 Å². The summed E-state index contributed by atoms with van der Waals surface area (Å²) in [5.74, 6) is -1.16. The first-order valence-electron chi connectivity index (χ1n) is 14.5. The second kappa shape index (κ2) is 15.4. The molecule has 1 unspecified atom stereocenters. The van der Waals surface area contributed by atoms with E-state index in [0.29, 0.717) is 17.5 Å². The summed E-state index contributed by atoms with van der Waals surface area (Å²) in [6, 6.07) is 8.02. The van der Waals surface area contributed by atoms with E-state index in [-0.39, 0.29) is 28.6 Å². The van der Waals surface area contributed by atoms with Crippen LogP contribution in [0.1, 0.15) is 136 Å². The number of phenolic OH excluding ortho intramolecular Hbond substituents is 2. The first-order chi connectivity index (χ1) is 18.4. The number of fused-ring (bicyclic) bond motifs is 2. The summed E-state index contributed by atoms with van der Waals surface area (Å²) in [6.07, 6.45) is 19.6. The van der Waals surface area contributed by atoms with Gasteiger partial charge in [0.1, 0.15) is 11.5 Å². The fraction of sp³-hybridized carbons (Fsp3) is 0.515. The third-order valence-corrected chi connectivity index (χ3v) is 7.28. The second-order valence-corrected chi connectivity index (χ2v) is 10.5. The number of allylic oxidation sites excluding steroid dienone is 2. The number of ketones is 1. The van der Waals surface area contributed by atoms with Crippen LogP contribution in [0, 0.1) is 6.92 Å². The van der Waals surface area contributed by atoms with Gasteiger partial charge < -0.3 is 14.9 Å². The minimum absolute atomic E-state index is 0.0815. The number of hydrogen-bond acceptors (Lipinski definition) is 5. The second-order valence-electron chi connectivity index (χ2n) is 10.5. The van der Waals surface area contributed by atoms with Crippen molar-refractivity contribution >= 4 is 11.8 Å². The van der Waals surface area contributed by atoms with E-state index in [1.165, 1.54) is 63.5 Å². The first kappa shape index (κ1) is 29.5. The van der Waals surface area contributed by atoms with Crippen molar-refractivity contribution in [3.05, 3.63) is 70.3 Å². The van der Waals surface area contributed by atoms with Gasteiger partial charge in [-0.05, 0) is 56.7 Å². The lowest BCUT2D eigenvalue weighted by Gasteiger charge is -2.28. The molecule has 1 aliphatic rings. The molecule has 5 heteroatoms. The smallest absolute Gasteiger partial charge is 0.306 e. The molecule has 2 N–H and O–H groups in total. The molecule has 0 heterocycles. The molecule has 5 nitrogen and oxygen atoms in total. The minimum Gasteiger partial charge on any atom is -0.507 e. The fourth-order valence-corrected chi connectivity index (χ4v) is 5.22. The Kier molecular flexibility index (Phi) is 11.9. The fourth-order valence-electron chi connectivity index (χ4n) is 5.22. The zero-order valence-electron chi connectivity index (χ0n) is 23.1. The van der Waals surface area contributed by atoms with Crippen LogP contribution in [0.15, 0.2) is 42.5 Å². The van der Waals surface area contributed by atoms with Gasteiger partial charge in [0.2, 0.25) is 5.78 Å². The Morgan fingerprint density at radius 3 is 2.11 bits per heavy atom. The summed E-state index contributed by atoms with van der Waals surface area (Å²) in [7, 11) is 0. The first-order valence-corrected chi connectivity index (χ1v) is 14.5. The molecule has 1 atom stereocenters. The van der Waals surface area contributed by atoms with E-state index in [1.807, 2.05) is 6.92 Å². The maximum absolute atomic E-state index is 13.1. The van der Waals surface area contributed by atoms with Crippen LogP contribution in [0.4, 0.5) is 0 Å². The topological polar surface area (TPSA) is 83.8 Å². The lowest BCUT2D eigenvalue weighted by Crippen LogP contribution is -2.24. The van der Waals surface area contributed by atoms with Crippen molar-refractivity contribution in [3.63, 3.8) is 0 Å². The molecule has 1 aliphatic carbocycles. The Labute approximate surface area is 227 Å². The molecule has 3 rings (SSSR count). The van der Waals surface area contributed by atoms with E-state index in [0.717, 1.165) is 37.7 Å². The zero-order valence-corrected chi connectivity index (χ0v) is 23.1. The predicted molar refractivity (Wildman–Crippen MR) is 152 cm³/mol. The Bertz CT molecular complexity index is 1100. The average Bonchev–Trinajstić information content (AvgIpc) is 2.88. The Morgan fingerprint density at radius 1 is 0.816 bits per heavy atom. The zero-order chi connectivity index (χ0) is 27.3. The monoisotopic (exact) mass is 520 g/mol. The molecule has 0 amide bonds. The molecule has 206 valence electrons. The van der Waals surface area contributed by atoms with E-state index < -0.39 is 11.9 Å². The number of carbonyl (C=O) groups excluding carboxylic acids is 2. The molecular weight excluding hydrogens is 476 g/mol. The van der Waals surface area contributed by atoms with Gasteiger partial charge in [0, 0.05) is 17.5 Å². The highest BCUT2D eigenvalue weighted by Gasteiger charge is 2.37. The molecule has 0 radical (unpaired) electrons. The van der Waals surface area contributed by atoms with Crippen molar-refractivity contribution in [1.82, 2.24) is 0 Å². The van der Waals surface area contributed by atoms with Crippen molar-refractivity contribution in [2.75, 3.05) is 0 Å². The van der Waals surface area contributed by atoms with Crippen LogP contribution < -0.4 is 0 Å². The lowest BCUT2D eigenvalue weighted by molar-refractivity contribution is -0.147. The van der Waals surface area contributed by atoms with Gasteiger partial charge in [-0.15, -0.1) is 0 Å². The third-order valence-electron chi connectivity index (χ3n) is 7.28. The number of ether oxygens (including phenoxy) is 1. The standard InChI is InChI=1S/C33H44O5/c1-3-4-5-6-7-8-9-10-11-12-13-14-15-16-17-21-29(36)38-33-25-19-18-20-27(34)30(25)32(37)31-26(33)22-24(2)23-28(31)35/h10-11,18-20,22-23,33-35H,3-9,12-17,21H2,1-2H3. The van der Waals surface area contributed by atoms with E-state index in [1.54, 1.807) is 18.2 Å². The van der Waals surface area contributed by atoms with Gasteiger partial charge in [-0.2, -0.15) is 0 Å². The SMILES string of the molecule is CCCCCCCCC=CCCCCCCCC(=O)OC1c2cccc(O)c2C(=O)c2c(O)cc(C)cc21. The largest absolute Gasteiger partial charge is 0.507 e. The number of aromatic hydroxyl groups is 2. The predicted octanol–water partition coefficient (Wildman–Crippen LogP) is 8.62. The van der Waals surface area contributed by atoms with E-state index in [4.69, 9.17) is 4.74 Å².